The molecule has 0 radical (unpaired) electrons. The molecular formula is C11H13N3O3S. The maximum absolute atomic E-state index is 12.0. The number of aromatic nitrogens is 1. The molecule has 0 amide bonds. The van der Waals surface area contributed by atoms with Crippen LogP contribution < -0.4 is 10.2 Å². The zero-order valence-electron chi connectivity index (χ0n) is 9.59. The van der Waals surface area contributed by atoms with Gasteiger partial charge in [-0.2, -0.15) is 5.26 Å². The topological polar surface area (TPSA) is 103 Å². The average molecular weight is 267 g/mol. The lowest BCUT2D eigenvalue weighted by atomic mass is 10.1. The van der Waals surface area contributed by atoms with Gasteiger partial charge in [0.05, 0.1) is 12.0 Å². The van der Waals surface area contributed by atoms with Crippen molar-refractivity contribution < 1.29 is 8.42 Å². The molecule has 0 saturated heterocycles. The van der Waals surface area contributed by atoms with Crippen LogP contribution in [0.3, 0.4) is 0 Å². The van der Waals surface area contributed by atoms with E-state index in [1.165, 1.54) is 6.20 Å². The van der Waals surface area contributed by atoms with Crippen molar-refractivity contribution in [3.63, 3.8) is 0 Å². The summed E-state index contributed by atoms with van der Waals surface area (Å²) >= 11 is 0. The van der Waals surface area contributed by atoms with Crippen LogP contribution in [0.25, 0.3) is 0 Å². The van der Waals surface area contributed by atoms with Crippen LogP contribution in [-0.2, 0) is 10.0 Å². The summed E-state index contributed by atoms with van der Waals surface area (Å²) in [4.78, 5) is 13.7. The molecule has 1 aromatic heterocycles. The molecule has 18 heavy (non-hydrogen) atoms. The minimum absolute atomic E-state index is 0.311. The summed E-state index contributed by atoms with van der Waals surface area (Å²) in [6.07, 6.45) is 4.66. The van der Waals surface area contributed by atoms with E-state index in [-0.39, 0.29) is 10.8 Å². The zero-order valence-corrected chi connectivity index (χ0v) is 10.4. The summed E-state index contributed by atoms with van der Waals surface area (Å²) in [6, 6.07) is 2.84. The van der Waals surface area contributed by atoms with Gasteiger partial charge in [-0.1, -0.05) is 6.42 Å². The van der Waals surface area contributed by atoms with Gasteiger partial charge in [0.15, 0.2) is 0 Å². The number of sulfonamides is 1. The Bertz CT molecular complexity index is 629. The molecule has 2 unspecified atom stereocenters. The first-order valence-corrected chi connectivity index (χ1v) is 7.12. The van der Waals surface area contributed by atoms with Crippen molar-refractivity contribution in [1.82, 2.24) is 9.71 Å². The van der Waals surface area contributed by atoms with Crippen molar-refractivity contribution in [3.8, 4) is 6.07 Å². The Morgan fingerprint density at radius 3 is 2.89 bits per heavy atom. The SMILES string of the molecule is N#CC1CCCC1NS(=O)(=O)c1c[nH]ccc1=O. The van der Waals surface area contributed by atoms with Crippen LogP contribution in [-0.4, -0.2) is 19.4 Å². The molecule has 6 nitrogen and oxygen atoms in total. The second kappa shape index (κ2) is 4.92. The summed E-state index contributed by atoms with van der Waals surface area (Å²) in [5.41, 5.74) is -0.562. The molecule has 0 aliphatic heterocycles. The van der Waals surface area contributed by atoms with E-state index in [1.807, 2.05) is 0 Å². The van der Waals surface area contributed by atoms with Crippen molar-refractivity contribution in [2.24, 2.45) is 5.92 Å². The van der Waals surface area contributed by atoms with Gasteiger partial charge < -0.3 is 4.98 Å². The van der Waals surface area contributed by atoms with Crippen molar-refractivity contribution >= 4 is 10.0 Å². The van der Waals surface area contributed by atoms with Crippen LogP contribution in [0, 0.1) is 17.2 Å². The van der Waals surface area contributed by atoms with E-state index in [0.717, 1.165) is 18.7 Å². The number of H-pyrrole nitrogens is 1. The van der Waals surface area contributed by atoms with Gasteiger partial charge in [-0.3, -0.25) is 4.79 Å². The first-order valence-electron chi connectivity index (χ1n) is 5.63. The van der Waals surface area contributed by atoms with Gasteiger partial charge in [-0.05, 0) is 12.8 Å². The van der Waals surface area contributed by atoms with Gasteiger partial charge in [-0.15, -0.1) is 0 Å². The molecule has 0 bridgehead atoms. The molecule has 1 saturated carbocycles. The Balaban J connectivity index is 2.26. The standard InChI is InChI=1S/C11H13N3O3S/c12-6-8-2-1-3-9(8)14-18(16,17)11-7-13-5-4-10(11)15/h4-5,7-9,14H,1-3H2,(H,13,15). The van der Waals surface area contributed by atoms with Crippen LogP contribution >= 0.6 is 0 Å². The van der Waals surface area contributed by atoms with Crippen molar-refractivity contribution in [2.45, 2.75) is 30.2 Å². The third kappa shape index (κ3) is 2.44. The lowest BCUT2D eigenvalue weighted by Crippen LogP contribution is -2.38. The third-order valence-corrected chi connectivity index (χ3v) is 4.58. The molecule has 2 rings (SSSR count). The minimum atomic E-state index is -3.86. The maximum Gasteiger partial charge on any atom is 0.246 e. The number of nitrogens with zero attached hydrogens (tertiary/aromatic N) is 1. The molecule has 1 aliphatic rings. The molecule has 2 N–H and O–H groups in total. The molecule has 7 heteroatoms. The maximum atomic E-state index is 12.0. The Kier molecular flexibility index (Phi) is 3.50. The van der Waals surface area contributed by atoms with Gasteiger partial charge in [0, 0.05) is 24.5 Å². The summed E-state index contributed by atoms with van der Waals surface area (Å²) in [6.45, 7) is 0. The lowest BCUT2D eigenvalue weighted by Gasteiger charge is -2.15. The Labute approximate surface area is 105 Å². The molecule has 1 aromatic rings. The molecule has 96 valence electrons. The Hall–Kier alpha value is -1.65. The van der Waals surface area contributed by atoms with E-state index in [4.69, 9.17) is 5.26 Å². The number of nitriles is 1. The fourth-order valence-corrected chi connectivity index (χ4v) is 3.49. The molecule has 1 fully saturated rings. The lowest BCUT2D eigenvalue weighted by molar-refractivity contribution is 0.514. The molecule has 0 aromatic carbocycles. The fourth-order valence-electron chi connectivity index (χ4n) is 2.13. The van der Waals surface area contributed by atoms with Crippen molar-refractivity contribution in [2.75, 3.05) is 0 Å². The molecule has 1 heterocycles. The first-order chi connectivity index (χ1) is 8.54. The Morgan fingerprint density at radius 1 is 1.44 bits per heavy atom. The summed E-state index contributed by atoms with van der Waals surface area (Å²) < 4.78 is 26.5. The molecule has 0 spiro atoms. The number of nitrogens with one attached hydrogen (secondary N) is 2. The van der Waals surface area contributed by atoms with E-state index < -0.39 is 21.5 Å². The predicted molar refractivity (Wildman–Crippen MR) is 64.1 cm³/mol. The van der Waals surface area contributed by atoms with Crippen LogP contribution in [0.2, 0.25) is 0 Å². The van der Waals surface area contributed by atoms with Gasteiger partial charge in [0.2, 0.25) is 15.5 Å². The van der Waals surface area contributed by atoms with E-state index >= 15 is 0 Å². The number of pyridine rings is 1. The largest absolute Gasteiger partial charge is 0.366 e. The number of hydrogen-bond acceptors (Lipinski definition) is 4. The highest BCUT2D eigenvalue weighted by Gasteiger charge is 2.31. The zero-order chi connectivity index (χ0) is 13.2. The Morgan fingerprint density at radius 2 is 2.22 bits per heavy atom. The van der Waals surface area contributed by atoms with Crippen molar-refractivity contribution in [3.05, 3.63) is 28.7 Å². The molecule has 1 aliphatic carbocycles. The smallest absolute Gasteiger partial charge is 0.246 e. The number of aromatic amines is 1. The highest BCUT2D eigenvalue weighted by Crippen LogP contribution is 2.25. The quantitative estimate of drug-likeness (QED) is 0.824. The van der Waals surface area contributed by atoms with E-state index in [0.29, 0.717) is 12.8 Å². The minimum Gasteiger partial charge on any atom is -0.366 e. The summed E-state index contributed by atoms with van der Waals surface area (Å²) in [5.74, 6) is -0.317. The monoisotopic (exact) mass is 267 g/mol. The molecule has 2 atom stereocenters. The predicted octanol–water partition coefficient (Wildman–Crippen LogP) is 0.345. The van der Waals surface area contributed by atoms with Crippen molar-refractivity contribution in [1.29, 1.82) is 5.26 Å². The van der Waals surface area contributed by atoms with Crippen LogP contribution in [0.5, 0.6) is 0 Å². The van der Waals surface area contributed by atoms with Gasteiger partial charge in [0.1, 0.15) is 4.90 Å². The van der Waals surface area contributed by atoms with Crippen LogP contribution in [0.15, 0.2) is 28.2 Å². The first kappa shape index (κ1) is 12.8. The number of hydrogen-bond donors (Lipinski definition) is 2. The van der Waals surface area contributed by atoms with E-state index in [1.54, 1.807) is 0 Å². The van der Waals surface area contributed by atoms with Crippen LogP contribution in [0.1, 0.15) is 19.3 Å². The normalized spacial score (nSPS) is 23.7. The van der Waals surface area contributed by atoms with Gasteiger partial charge >= 0.3 is 0 Å². The number of rotatable bonds is 3. The average Bonchev–Trinajstić information content (AvgIpc) is 2.76. The highest BCUT2D eigenvalue weighted by atomic mass is 32.2. The molecular weight excluding hydrogens is 254 g/mol. The highest BCUT2D eigenvalue weighted by molar-refractivity contribution is 7.89. The van der Waals surface area contributed by atoms with Gasteiger partial charge in [-0.25, -0.2) is 13.1 Å². The second-order valence-electron chi connectivity index (χ2n) is 4.27. The summed E-state index contributed by atoms with van der Waals surface area (Å²) in [7, 11) is -3.86. The van der Waals surface area contributed by atoms with Gasteiger partial charge in [0.25, 0.3) is 0 Å². The second-order valence-corrected chi connectivity index (χ2v) is 5.95. The van der Waals surface area contributed by atoms with E-state index in [2.05, 4.69) is 15.8 Å². The fraction of sp³-hybridized carbons (Fsp3) is 0.455. The van der Waals surface area contributed by atoms with Crippen LogP contribution in [0.4, 0.5) is 0 Å². The summed E-state index contributed by atoms with van der Waals surface area (Å²) in [5, 5.41) is 8.91. The third-order valence-electron chi connectivity index (χ3n) is 3.07. The van der Waals surface area contributed by atoms with E-state index in [9.17, 15) is 13.2 Å².